The number of hydrogen-bond acceptors (Lipinski definition) is 3. The average Bonchev–Trinajstić information content (AvgIpc) is 1.83. The van der Waals surface area contributed by atoms with Crippen LogP contribution in [-0.4, -0.2) is 31.3 Å². The summed E-state index contributed by atoms with van der Waals surface area (Å²) in [5.74, 6) is 0. The van der Waals surface area contributed by atoms with Gasteiger partial charge in [0.05, 0.1) is 6.10 Å². The first-order valence-electron chi connectivity index (χ1n) is 2.84. The summed E-state index contributed by atoms with van der Waals surface area (Å²) in [4.78, 5) is 0. The van der Waals surface area contributed by atoms with Gasteiger partial charge < -0.3 is 16.2 Å². The van der Waals surface area contributed by atoms with Gasteiger partial charge in [-0.05, 0) is 20.0 Å². The fourth-order valence-corrected chi connectivity index (χ4v) is 0.429. The van der Waals surface area contributed by atoms with Crippen molar-refractivity contribution >= 4 is 0 Å². The van der Waals surface area contributed by atoms with E-state index in [-0.39, 0.29) is 6.10 Å². The molecule has 1 atom stereocenters. The zero-order valence-electron chi connectivity index (χ0n) is 5.22. The minimum Gasteiger partial charge on any atom is -0.392 e. The molecule has 1 unspecified atom stereocenters. The molecular weight excluding hydrogens is 104 g/mol. The van der Waals surface area contributed by atoms with Crippen molar-refractivity contribution in [3.8, 4) is 0 Å². The summed E-state index contributed by atoms with van der Waals surface area (Å²) in [6, 6.07) is 0. The number of aliphatic hydroxyl groups excluding tert-OH is 1. The predicted molar refractivity (Wildman–Crippen MR) is 33.6 cm³/mol. The minimum atomic E-state index is -0.331. The second kappa shape index (κ2) is 5.03. The lowest BCUT2D eigenvalue weighted by Crippen LogP contribution is -2.24. The third kappa shape index (κ3) is 4.05. The Hall–Kier alpha value is -0.120. The van der Waals surface area contributed by atoms with Crippen molar-refractivity contribution in [3.63, 3.8) is 0 Å². The summed E-state index contributed by atoms with van der Waals surface area (Å²) >= 11 is 0. The summed E-state index contributed by atoms with van der Waals surface area (Å²) in [5, 5.41) is 11.7. The first kappa shape index (κ1) is 7.88. The van der Waals surface area contributed by atoms with Crippen molar-refractivity contribution < 1.29 is 5.11 Å². The largest absolute Gasteiger partial charge is 0.392 e. The Morgan fingerprint density at radius 3 is 2.75 bits per heavy atom. The Bertz CT molecular complexity index is 49.7. The van der Waals surface area contributed by atoms with Crippen LogP contribution in [0.25, 0.3) is 0 Å². The van der Waals surface area contributed by atoms with Gasteiger partial charge in [-0.15, -0.1) is 0 Å². The van der Waals surface area contributed by atoms with E-state index in [1.807, 2.05) is 7.05 Å². The van der Waals surface area contributed by atoms with Crippen molar-refractivity contribution in [3.05, 3.63) is 0 Å². The van der Waals surface area contributed by atoms with Crippen molar-refractivity contribution in [1.29, 1.82) is 0 Å². The Labute approximate surface area is 49.9 Å². The van der Waals surface area contributed by atoms with Gasteiger partial charge in [0.2, 0.25) is 0 Å². The van der Waals surface area contributed by atoms with Crippen LogP contribution in [0.1, 0.15) is 6.42 Å². The third-order valence-electron chi connectivity index (χ3n) is 1.000. The molecule has 0 heterocycles. The molecule has 0 aliphatic carbocycles. The molecule has 0 fully saturated rings. The number of hydrogen-bond donors (Lipinski definition) is 3. The van der Waals surface area contributed by atoms with Gasteiger partial charge in [-0.25, -0.2) is 0 Å². The van der Waals surface area contributed by atoms with Crippen LogP contribution in [0.5, 0.6) is 0 Å². The molecule has 0 saturated heterocycles. The summed E-state index contributed by atoms with van der Waals surface area (Å²) in [6.07, 6.45) is 0.412. The molecular formula is C5H14N2O. The van der Waals surface area contributed by atoms with Gasteiger partial charge in [0.25, 0.3) is 0 Å². The van der Waals surface area contributed by atoms with E-state index in [1.165, 1.54) is 0 Å². The van der Waals surface area contributed by atoms with Gasteiger partial charge in [-0.2, -0.15) is 0 Å². The smallest absolute Gasteiger partial charge is 0.0674 e. The Balaban J connectivity index is 2.86. The number of nitrogens with two attached hydrogens (primary N) is 1. The molecule has 0 amide bonds. The molecule has 0 aliphatic rings. The molecule has 0 spiro atoms. The molecule has 50 valence electrons. The van der Waals surface area contributed by atoms with Crippen LogP contribution in [0.2, 0.25) is 0 Å². The molecule has 4 N–H and O–H groups in total. The second-order valence-corrected chi connectivity index (χ2v) is 1.78. The highest BCUT2D eigenvalue weighted by molar-refractivity contribution is 4.55. The fraction of sp³-hybridized carbons (Fsp3) is 1.00. The van der Waals surface area contributed by atoms with Crippen molar-refractivity contribution in [2.75, 3.05) is 20.1 Å². The summed E-state index contributed by atoms with van der Waals surface area (Å²) in [5.41, 5.74) is 5.14. The highest BCUT2D eigenvalue weighted by Gasteiger charge is 1.96. The summed E-state index contributed by atoms with van der Waals surface area (Å²) < 4.78 is 0. The van der Waals surface area contributed by atoms with Crippen LogP contribution in [0.3, 0.4) is 0 Å². The van der Waals surface area contributed by atoms with Crippen LogP contribution >= 0.6 is 0 Å². The van der Waals surface area contributed by atoms with Gasteiger partial charge in [-0.1, -0.05) is 0 Å². The third-order valence-corrected chi connectivity index (χ3v) is 1.000. The van der Waals surface area contributed by atoms with E-state index in [1.54, 1.807) is 0 Å². The Kier molecular flexibility index (Phi) is 4.95. The Morgan fingerprint density at radius 1 is 1.75 bits per heavy atom. The lowest BCUT2D eigenvalue weighted by Gasteiger charge is -2.04. The maximum atomic E-state index is 8.82. The summed E-state index contributed by atoms with van der Waals surface area (Å²) in [6.45, 7) is 1.19. The number of nitrogens with one attached hydrogen (secondary N) is 1. The normalized spacial score (nSPS) is 13.9. The van der Waals surface area contributed by atoms with E-state index in [4.69, 9.17) is 10.8 Å². The molecule has 0 aliphatic heterocycles. The van der Waals surface area contributed by atoms with E-state index in [0.717, 1.165) is 13.0 Å². The molecule has 0 rings (SSSR count). The van der Waals surface area contributed by atoms with Crippen LogP contribution in [0.4, 0.5) is 0 Å². The lowest BCUT2D eigenvalue weighted by molar-refractivity contribution is 0.173. The monoisotopic (exact) mass is 118 g/mol. The standard InChI is InChI=1S/C5H14N2O/c1-7-3-2-5(8)4-6/h5,7-8H,2-4,6H2,1H3. The maximum Gasteiger partial charge on any atom is 0.0674 e. The SMILES string of the molecule is CNCCC(O)CN. The molecule has 0 aromatic rings. The molecule has 0 saturated carbocycles. The van der Waals surface area contributed by atoms with Gasteiger partial charge in [0.1, 0.15) is 0 Å². The van der Waals surface area contributed by atoms with E-state index in [0.29, 0.717) is 6.54 Å². The second-order valence-electron chi connectivity index (χ2n) is 1.78. The van der Waals surface area contributed by atoms with Gasteiger partial charge in [-0.3, -0.25) is 0 Å². The Morgan fingerprint density at radius 2 is 2.38 bits per heavy atom. The van der Waals surface area contributed by atoms with Gasteiger partial charge in [0, 0.05) is 6.54 Å². The van der Waals surface area contributed by atoms with E-state index in [9.17, 15) is 0 Å². The first-order chi connectivity index (χ1) is 3.81. The molecule has 0 aromatic heterocycles. The molecule has 0 radical (unpaired) electrons. The topological polar surface area (TPSA) is 58.3 Å². The highest BCUT2D eigenvalue weighted by Crippen LogP contribution is 1.83. The molecule has 3 heteroatoms. The highest BCUT2D eigenvalue weighted by atomic mass is 16.3. The van der Waals surface area contributed by atoms with Crippen molar-refractivity contribution in [2.24, 2.45) is 5.73 Å². The van der Waals surface area contributed by atoms with Crippen LogP contribution < -0.4 is 11.1 Å². The minimum absolute atomic E-state index is 0.331. The van der Waals surface area contributed by atoms with E-state index >= 15 is 0 Å². The van der Waals surface area contributed by atoms with E-state index < -0.39 is 0 Å². The number of aliphatic hydroxyl groups is 1. The number of rotatable bonds is 4. The quantitative estimate of drug-likeness (QED) is 0.440. The van der Waals surface area contributed by atoms with Gasteiger partial charge >= 0.3 is 0 Å². The lowest BCUT2D eigenvalue weighted by atomic mass is 10.2. The molecule has 3 nitrogen and oxygen atoms in total. The fourth-order valence-electron chi connectivity index (χ4n) is 0.429. The zero-order valence-corrected chi connectivity index (χ0v) is 5.22. The predicted octanol–water partition coefficient (Wildman–Crippen LogP) is -1.08. The van der Waals surface area contributed by atoms with Crippen LogP contribution in [-0.2, 0) is 0 Å². The van der Waals surface area contributed by atoms with Gasteiger partial charge in [0.15, 0.2) is 0 Å². The maximum absolute atomic E-state index is 8.82. The van der Waals surface area contributed by atoms with Crippen molar-refractivity contribution in [1.82, 2.24) is 5.32 Å². The first-order valence-corrected chi connectivity index (χ1v) is 2.84. The average molecular weight is 118 g/mol. The van der Waals surface area contributed by atoms with Crippen LogP contribution in [0.15, 0.2) is 0 Å². The van der Waals surface area contributed by atoms with Crippen molar-refractivity contribution in [2.45, 2.75) is 12.5 Å². The molecule has 0 bridgehead atoms. The zero-order chi connectivity index (χ0) is 6.41. The van der Waals surface area contributed by atoms with Crippen LogP contribution in [0, 0.1) is 0 Å². The van der Waals surface area contributed by atoms with E-state index in [2.05, 4.69) is 5.32 Å². The molecule has 0 aromatic carbocycles. The summed E-state index contributed by atoms with van der Waals surface area (Å²) in [7, 11) is 1.85. The molecule has 8 heavy (non-hydrogen) atoms.